The van der Waals surface area contributed by atoms with Gasteiger partial charge in [-0.25, -0.2) is 10.0 Å². The molecule has 10 heteroatoms. The Kier molecular flexibility index (Phi) is 6.16. The number of halogens is 2. The molecule has 0 bridgehead atoms. The van der Waals surface area contributed by atoms with Crippen molar-refractivity contribution < 1.29 is 24.2 Å². The van der Waals surface area contributed by atoms with Crippen LogP contribution in [0.15, 0.2) is 33.9 Å². The van der Waals surface area contributed by atoms with E-state index in [-0.39, 0.29) is 51.7 Å². The maximum Gasteiger partial charge on any atom is 0.250 e. The second kappa shape index (κ2) is 8.44. The van der Waals surface area contributed by atoms with Crippen LogP contribution in [0, 0.1) is 0 Å². The van der Waals surface area contributed by atoms with E-state index in [1.54, 1.807) is 6.92 Å². The Morgan fingerprint density at radius 2 is 1.86 bits per heavy atom. The fourth-order valence-corrected chi connectivity index (χ4v) is 3.34. The van der Waals surface area contributed by atoms with Crippen molar-refractivity contribution in [2.75, 3.05) is 13.6 Å². The second-order valence-electron chi connectivity index (χ2n) is 6.44. The first-order valence-electron chi connectivity index (χ1n) is 8.74. The van der Waals surface area contributed by atoms with Gasteiger partial charge in [-0.1, -0.05) is 30.1 Å². The predicted molar refractivity (Wildman–Crippen MR) is 108 cm³/mol. The van der Waals surface area contributed by atoms with E-state index < -0.39 is 17.8 Å². The van der Waals surface area contributed by atoms with Gasteiger partial charge < -0.3 is 9.84 Å². The topological polar surface area (TPSA) is 109 Å². The van der Waals surface area contributed by atoms with Gasteiger partial charge >= 0.3 is 0 Å². The number of amides is 1. The number of carbonyl (C=O) groups is 3. The predicted octanol–water partition coefficient (Wildman–Crippen LogP) is 2.19. The molecular weight excluding hydrogens is 421 g/mol. The summed E-state index contributed by atoms with van der Waals surface area (Å²) >= 11 is 12.6. The van der Waals surface area contributed by atoms with Crippen LogP contribution in [0.25, 0.3) is 0 Å². The van der Waals surface area contributed by atoms with Crippen LogP contribution in [-0.4, -0.2) is 58.9 Å². The van der Waals surface area contributed by atoms with Gasteiger partial charge in [0.05, 0.1) is 22.6 Å². The van der Waals surface area contributed by atoms with Crippen molar-refractivity contribution in [2.45, 2.75) is 25.9 Å². The number of nitrogens with zero attached hydrogens (tertiary/aromatic N) is 3. The Hall–Kier alpha value is -2.55. The monoisotopic (exact) mass is 437 g/mol. The number of benzene rings is 1. The molecule has 0 aliphatic carbocycles. The molecule has 1 aromatic rings. The largest absolute Gasteiger partial charge is 0.436 e. The van der Waals surface area contributed by atoms with Crippen LogP contribution in [0.2, 0.25) is 10.0 Å². The SMILES string of the molecule is CCC(O)C1=CC(Oc2c(Cl)cc(C3=NN(C)C(=O)CC3=O)cc2Cl)=NCC1=O. The van der Waals surface area contributed by atoms with Crippen LogP contribution < -0.4 is 4.74 Å². The lowest BCUT2D eigenvalue weighted by molar-refractivity contribution is -0.134. The average Bonchev–Trinajstić information content (AvgIpc) is 2.68. The van der Waals surface area contributed by atoms with Crippen molar-refractivity contribution in [3.05, 3.63) is 39.4 Å². The van der Waals surface area contributed by atoms with Crippen molar-refractivity contribution in [3.8, 4) is 5.75 Å². The minimum Gasteiger partial charge on any atom is -0.436 e. The molecule has 0 radical (unpaired) electrons. The molecule has 1 amide bonds. The first-order chi connectivity index (χ1) is 13.7. The Bertz CT molecular complexity index is 977. The van der Waals surface area contributed by atoms with Gasteiger partial charge in [-0.3, -0.25) is 14.4 Å². The fourth-order valence-electron chi connectivity index (χ4n) is 2.78. The standard InChI is InChI=1S/C19H17Cl2N3O5/c1-3-13(25)10-6-16(22-8-15(10)27)29-19-11(20)4-9(5-12(19)21)18-14(26)7-17(28)24(2)23-18/h4-6,13,25H,3,7-8H2,1-2H3. The lowest BCUT2D eigenvalue weighted by Crippen LogP contribution is -2.35. The summed E-state index contributed by atoms with van der Waals surface area (Å²) < 4.78 is 5.65. The molecular formula is C19H17Cl2N3O5. The summed E-state index contributed by atoms with van der Waals surface area (Å²) in [5.41, 5.74) is 0.614. The normalized spacial score (nSPS) is 18.3. The number of aliphatic hydroxyl groups excluding tert-OH is 1. The Labute approximate surface area is 176 Å². The zero-order valence-electron chi connectivity index (χ0n) is 15.6. The maximum atomic E-state index is 12.2. The molecule has 1 atom stereocenters. The van der Waals surface area contributed by atoms with E-state index in [4.69, 9.17) is 27.9 Å². The average molecular weight is 438 g/mol. The molecule has 2 heterocycles. The molecule has 8 nitrogen and oxygen atoms in total. The van der Waals surface area contributed by atoms with E-state index in [2.05, 4.69) is 10.1 Å². The van der Waals surface area contributed by atoms with Gasteiger partial charge in [0, 0.05) is 24.3 Å². The third kappa shape index (κ3) is 4.39. The summed E-state index contributed by atoms with van der Waals surface area (Å²) in [5, 5.41) is 15.2. The highest BCUT2D eigenvalue weighted by molar-refractivity contribution is 6.50. The summed E-state index contributed by atoms with van der Waals surface area (Å²) in [7, 11) is 1.45. The van der Waals surface area contributed by atoms with E-state index in [9.17, 15) is 19.5 Å². The third-order valence-electron chi connectivity index (χ3n) is 4.39. The number of dihydropyridines is 1. The van der Waals surface area contributed by atoms with E-state index >= 15 is 0 Å². The van der Waals surface area contributed by atoms with Crippen molar-refractivity contribution in [1.29, 1.82) is 0 Å². The number of hydrazone groups is 1. The highest BCUT2D eigenvalue weighted by Gasteiger charge is 2.28. The highest BCUT2D eigenvalue weighted by atomic mass is 35.5. The van der Waals surface area contributed by atoms with Gasteiger partial charge in [0.15, 0.2) is 17.3 Å². The molecule has 1 unspecified atom stereocenters. The molecule has 152 valence electrons. The van der Waals surface area contributed by atoms with Crippen LogP contribution in [0.3, 0.4) is 0 Å². The molecule has 2 aliphatic heterocycles. The second-order valence-corrected chi connectivity index (χ2v) is 7.25. The fraction of sp³-hybridized carbons (Fsp3) is 0.316. The van der Waals surface area contributed by atoms with Crippen molar-refractivity contribution >= 4 is 52.3 Å². The molecule has 2 aliphatic rings. The summed E-state index contributed by atoms with van der Waals surface area (Å²) in [6.45, 7) is 1.59. The smallest absolute Gasteiger partial charge is 0.250 e. The van der Waals surface area contributed by atoms with Crippen LogP contribution in [0.4, 0.5) is 0 Å². The molecule has 3 rings (SSSR count). The number of rotatable bonds is 4. The maximum absolute atomic E-state index is 12.2. The molecule has 1 aromatic carbocycles. The summed E-state index contributed by atoms with van der Waals surface area (Å²) in [4.78, 5) is 39.7. The summed E-state index contributed by atoms with van der Waals surface area (Å²) in [5.74, 6) is -0.963. The van der Waals surface area contributed by atoms with Crippen molar-refractivity contribution in [3.63, 3.8) is 0 Å². The molecule has 0 aromatic heterocycles. The van der Waals surface area contributed by atoms with Crippen LogP contribution >= 0.6 is 23.2 Å². The van der Waals surface area contributed by atoms with E-state index in [1.165, 1.54) is 25.3 Å². The molecule has 0 saturated heterocycles. The number of hydrogen-bond acceptors (Lipinski definition) is 7. The Balaban J connectivity index is 1.91. The number of ketones is 2. The van der Waals surface area contributed by atoms with E-state index in [0.717, 1.165) is 5.01 Å². The zero-order chi connectivity index (χ0) is 21.3. The lowest BCUT2D eigenvalue weighted by Gasteiger charge is -2.20. The van der Waals surface area contributed by atoms with Gasteiger partial charge in [-0.15, -0.1) is 0 Å². The first kappa shape index (κ1) is 21.2. The number of hydrogen-bond donors (Lipinski definition) is 1. The van der Waals surface area contributed by atoms with E-state index in [0.29, 0.717) is 12.0 Å². The van der Waals surface area contributed by atoms with Gasteiger partial charge in [-0.2, -0.15) is 5.10 Å². The van der Waals surface area contributed by atoms with Gasteiger partial charge in [0.25, 0.3) is 0 Å². The van der Waals surface area contributed by atoms with Crippen LogP contribution in [-0.2, 0) is 14.4 Å². The minimum absolute atomic E-state index is 0.0660. The van der Waals surface area contributed by atoms with Gasteiger partial charge in [-0.05, 0) is 18.6 Å². The number of aliphatic hydroxyl groups is 1. The number of Topliss-reactive ketones (excluding diaryl/α,β-unsaturated/α-hetero) is 2. The molecule has 0 saturated carbocycles. The number of ether oxygens (including phenoxy) is 1. The van der Waals surface area contributed by atoms with Crippen molar-refractivity contribution in [2.24, 2.45) is 10.1 Å². The molecule has 1 N–H and O–H groups in total. The minimum atomic E-state index is -0.917. The zero-order valence-corrected chi connectivity index (χ0v) is 17.1. The van der Waals surface area contributed by atoms with Gasteiger partial charge in [0.2, 0.25) is 11.8 Å². The summed E-state index contributed by atoms with van der Waals surface area (Å²) in [6.07, 6.45) is 0.519. The molecule has 0 fully saturated rings. The van der Waals surface area contributed by atoms with E-state index in [1.807, 2.05) is 0 Å². The number of carbonyl (C=O) groups excluding carboxylic acids is 3. The first-order valence-corrected chi connectivity index (χ1v) is 9.49. The summed E-state index contributed by atoms with van der Waals surface area (Å²) in [6, 6.07) is 2.90. The lowest BCUT2D eigenvalue weighted by atomic mass is 10.0. The highest BCUT2D eigenvalue weighted by Crippen LogP contribution is 2.35. The Morgan fingerprint density at radius 1 is 1.21 bits per heavy atom. The third-order valence-corrected chi connectivity index (χ3v) is 4.95. The Morgan fingerprint density at radius 3 is 2.48 bits per heavy atom. The van der Waals surface area contributed by atoms with Gasteiger partial charge in [0.1, 0.15) is 12.3 Å². The number of aliphatic imine (C=N–C) groups is 1. The van der Waals surface area contributed by atoms with Crippen LogP contribution in [0.1, 0.15) is 25.3 Å². The molecule has 0 spiro atoms. The quantitative estimate of drug-likeness (QED) is 0.725. The van der Waals surface area contributed by atoms with Crippen molar-refractivity contribution in [1.82, 2.24) is 5.01 Å². The van der Waals surface area contributed by atoms with Crippen LogP contribution in [0.5, 0.6) is 5.75 Å². The molecule has 29 heavy (non-hydrogen) atoms.